The molecule has 2 bridgehead atoms. The van der Waals surface area contributed by atoms with Crippen LogP contribution in [0.4, 0.5) is 0 Å². The van der Waals surface area contributed by atoms with Gasteiger partial charge in [0.05, 0.1) is 12.0 Å². The molecule has 1 saturated heterocycles. The molecular weight excluding hydrogens is 392 g/mol. The van der Waals surface area contributed by atoms with Gasteiger partial charge in [0.15, 0.2) is 0 Å². The highest BCUT2D eigenvalue weighted by molar-refractivity contribution is 5.80. The Hall–Kier alpha value is -2.51. The van der Waals surface area contributed by atoms with E-state index in [1.54, 1.807) is 12.4 Å². The molecule has 31 heavy (non-hydrogen) atoms. The number of amides is 1. The Balaban J connectivity index is 1.59. The highest BCUT2D eigenvalue weighted by atomic mass is 16.3. The first-order valence-corrected chi connectivity index (χ1v) is 11.4. The molecule has 0 spiro atoms. The Morgan fingerprint density at radius 2 is 2.00 bits per heavy atom. The number of carbonyl (C=O) groups excluding carboxylic acids is 1. The lowest BCUT2D eigenvalue weighted by atomic mass is 9.86. The molecule has 4 heterocycles. The molecule has 5 rings (SSSR count). The number of aliphatic hydroxyl groups is 1. The van der Waals surface area contributed by atoms with E-state index in [-0.39, 0.29) is 42.0 Å². The van der Waals surface area contributed by atoms with Crippen LogP contribution in [0.5, 0.6) is 0 Å². The van der Waals surface area contributed by atoms with E-state index in [4.69, 9.17) is 0 Å². The number of hydrogen-bond acceptors (Lipinski definition) is 5. The lowest BCUT2D eigenvalue weighted by Gasteiger charge is -2.38. The van der Waals surface area contributed by atoms with Gasteiger partial charge in [-0.25, -0.2) is 0 Å². The van der Waals surface area contributed by atoms with Crippen molar-refractivity contribution >= 4 is 5.91 Å². The van der Waals surface area contributed by atoms with Crippen LogP contribution < -0.4 is 10.9 Å². The molecule has 2 N–H and O–H groups in total. The lowest BCUT2D eigenvalue weighted by Crippen LogP contribution is -2.47. The van der Waals surface area contributed by atoms with Crippen LogP contribution >= 0.6 is 0 Å². The molecule has 1 saturated carbocycles. The third-order valence-corrected chi connectivity index (χ3v) is 7.18. The third kappa shape index (κ3) is 3.49. The zero-order valence-electron chi connectivity index (χ0n) is 17.9. The Morgan fingerprint density at radius 3 is 2.68 bits per heavy atom. The predicted octanol–water partition coefficient (Wildman–Crippen LogP) is 1.81. The number of aromatic nitrogens is 2. The topological polar surface area (TPSA) is 87.5 Å². The maximum absolute atomic E-state index is 13.5. The van der Waals surface area contributed by atoms with Gasteiger partial charge in [0.1, 0.15) is 0 Å². The normalized spacial score (nSPS) is 27.2. The van der Waals surface area contributed by atoms with E-state index in [0.29, 0.717) is 24.6 Å². The quantitative estimate of drug-likeness (QED) is 0.711. The van der Waals surface area contributed by atoms with Crippen molar-refractivity contribution in [1.82, 2.24) is 19.8 Å². The molecule has 2 aromatic heterocycles. The van der Waals surface area contributed by atoms with Gasteiger partial charge in [0.2, 0.25) is 5.91 Å². The summed E-state index contributed by atoms with van der Waals surface area (Å²) in [6, 6.07) is 7.40. The molecule has 1 aliphatic carbocycles. The Morgan fingerprint density at radius 1 is 1.23 bits per heavy atom. The zero-order chi connectivity index (χ0) is 21.5. The van der Waals surface area contributed by atoms with Crippen LogP contribution in [0.3, 0.4) is 0 Å². The SMILES string of the molecule is CCCNC(=O)[C@H]1[C@H](CO)[C@H]2Cn3c(ccc(-c4ccncc4)c3=O)[C@@H]1N2CC1CC1. The van der Waals surface area contributed by atoms with E-state index in [1.807, 2.05) is 35.8 Å². The van der Waals surface area contributed by atoms with Crippen molar-refractivity contribution < 1.29 is 9.90 Å². The molecule has 0 aromatic carbocycles. The molecule has 0 unspecified atom stereocenters. The number of nitrogens with zero attached hydrogens (tertiary/aromatic N) is 3. The second-order valence-electron chi connectivity index (χ2n) is 9.14. The Labute approximate surface area is 182 Å². The fourth-order valence-electron chi connectivity index (χ4n) is 5.49. The van der Waals surface area contributed by atoms with Crippen molar-refractivity contribution in [2.45, 2.75) is 44.8 Å². The molecule has 0 radical (unpaired) electrons. The number of fused-ring (bicyclic) bond motifs is 4. The molecule has 3 aliphatic rings. The molecule has 1 amide bonds. The van der Waals surface area contributed by atoms with Crippen molar-refractivity contribution in [2.75, 3.05) is 19.7 Å². The summed E-state index contributed by atoms with van der Waals surface area (Å²) in [4.78, 5) is 33.1. The summed E-state index contributed by atoms with van der Waals surface area (Å²) in [7, 11) is 0. The second kappa shape index (κ2) is 8.20. The van der Waals surface area contributed by atoms with Gasteiger partial charge in [-0.3, -0.25) is 19.5 Å². The van der Waals surface area contributed by atoms with Gasteiger partial charge in [0.25, 0.3) is 5.56 Å². The second-order valence-corrected chi connectivity index (χ2v) is 9.14. The van der Waals surface area contributed by atoms with Crippen LogP contribution in [-0.4, -0.2) is 51.2 Å². The summed E-state index contributed by atoms with van der Waals surface area (Å²) in [5.74, 6) is 0.133. The van der Waals surface area contributed by atoms with Gasteiger partial charge in [-0.15, -0.1) is 0 Å². The summed E-state index contributed by atoms with van der Waals surface area (Å²) in [6.07, 6.45) is 6.69. The molecule has 2 aromatic rings. The molecular formula is C24H30N4O3. The zero-order valence-corrected chi connectivity index (χ0v) is 17.9. The van der Waals surface area contributed by atoms with Crippen molar-refractivity contribution in [2.24, 2.45) is 17.8 Å². The summed E-state index contributed by atoms with van der Waals surface area (Å²) in [6.45, 7) is 4.06. The fourth-order valence-corrected chi connectivity index (χ4v) is 5.49. The Bertz CT molecular complexity index is 1020. The maximum Gasteiger partial charge on any atom is 0.258 e. The van der Waals surface area contributed by atoms with Crippen molar-refractivity contribution in [3.63, 3.8) is 0 Å². The number of hydrogen-bond donors (Lipinski definition) is 2. The van der Waals surface area contributed by atoms with E-state index in [1.165, 1.54) is 12.8 Å². The van der Waals surface area contributed by atoms with Crippen LogP contribution in [0.1, 0.15) is 37.9 Å². The molecule has 7 heteroatoms. The average Bonchev–Trinajstić information content (AvgIpc) is 3.58. The van der Waals surface area contributed by atoms with E-state index in [2.05, 4.69) is 15.2 Å². The van der Waals surface area contributed by atoms with Gasteiger partial charge in [-0.2, -0.15) is 0 Å². The van der Waals surface area contributed by atoms with Crippen LogP contribution in [-0.2, 0) is 11.3 Å². The fraction of sp³-hybridized carbons (Fsp3) is 0.542. The van der Waals surface area contributed by atoms with Crippen molar-refractivity contribution in [3.8, 4) is 11.1 Å². The van der Waals surface area contributed by atoms with Crippen LogP contribution in [0, 0.1) is 17.8 Å². The van der Waals surface area contributed by atoms with E-state index in [0.717, 1.165) is 24.2 Å². The largest absolute Gasteiger partial charge is 0.396 e. The van der Waals surface area contributed by atoms with E-state index in [9.17, 15) is 14.7 Å². The van der Waals surface area contributed by atoms with Gasteiger partial charge < -0.3 is 15.0 Å². The van der Waals surface area contributed by atoms with E-state index < -0.39 is 0 Å². The summed E-state index contributed by atoms with van der Waals surface area (Å²) in [5.41, 5.74) is 2.36. The minimum Gasteiger partial charge on any atom is -0.396 e. The number of rotatable bonds is 7. The van der Waals surface area contributed by atoms with Gasteiger partial charge in [0, 0.05) is 61.9 Å². The van der Waals surface area contributed by atoms with Crippen molar-refractivity contribution in [3.05, 3.63) is 52.7 Å². The molecule has 7 nitrogen and oxygen atoms in total. The summed E-state index contributed by atoms with van der Waals surface area (Å²) in [5, 5.41) is 13.4. The summed E-state index contributed by atoms with van der Waals surface area (Å²) >= 11 is 0. The van der Waals surface area contributed by atoms with E-state index >= 15 is 0 Å². The Kier molecular flexibility index (Phi) is 5.40. The van der Waals surface area contributed by atoms with Crippen LogP contribution in [0.25, 0.3) is 11.1 Å². The lowest BCUT2D eigenvalue weighted by molar-refractivity contribution is -0.127. The van der Waals surface area contributed by atoms with Gasteiger partial charge in [-0.05, 0) is 55.0 Å². The smallest absolute Gasteiger partial charge is 0.258 e. The third-order valence-electron chi connectivity index (χ3n) is 7.18. The molecule has 4 atom stereocenters. The number of carbonyl (C=O) groups is 1. The first-order valence-electron chi connectivity index (χ1n) is 11.4. The highest BCUT2D eigenvalue weighted by Crippen LogP contribution is 2.50. The van der Waals surface area contributed by atoms with Crippen LogP contribution in [0.2, 0.25) is 0 Å². The first-order chi connectivity index (χ1) is 15.1. The molecule has 2 aliphatic heterocycles. The minimum atomic E-state index is -0.347. The first kappa shape index (κ1) is 20.4. The standard InChI is InChI=1S/C24H30N4O3/c1-2-9-26-23(30)21-18(14-29)20-13-28-19(22(21)27(20)12-15-3-4-15)6-5-17(24(28)31)16-7-10-25-11-8-16/h5-8,10-11,15,18,20-22,29H,2-4,9,12-14H2,1H3,(H,26,30)/t18-,20-,21+,22+/m1/s1. The average molecular weight is 423 g/mol. The van der Waals surface area contributed by atoms with Crippen molar-refractivity contribution in [1.29, 1.82) is 0 Å². The number of nitrogens with one attached hydrogen (secondary N) is 1. The number of aliphatic hydroxyl groups excluding tert-OH is 1. The monoisotopic (exact) mass is 422 g/mol. The van der Waals surface area contributed by atoms with Gasteiger partial charge in [-0.1, -0.05) is 6.92 Å². The minimum absolute atomic E-state index is 0.00620. The molecule has 164 valence electrons. The number of pyridine rings is 2. The molecule has 2 fully saturated rings. The van der Waals surface area contributed by atoms with Gasteiger partial charge >= 0.3 is 0 Å². The predicted molar refractivity (Wildman–Crippen MR) is 117 cm³/mol. The van der Waals surface area contributed by atoms with Crippen LogP contribution in [0.15, 0.2) is 41.5 Å². The maximum atomic E-state index is 13.5. The summed E-state index contributed by atoms with van der Waals surface area (Å²) < 4.78 is 1.85. The highest BCUT2D eigenvalue weighted by Gasteiger charge is 2.56.